The average Bonchev–Trinajstić information content (AvgIpc) is 3.04. The van der Waals surface area contributed by atoms with E-state index >= 15 is 0 Å². The minimum absolute atomic E-state index is 0.0613. The third-order valence-electron chi connectivity index (χ3n) is 2.57. The molecule has 1 aromatic carbocycles. The van der Waals surface area contributed by atoms with Crippen molar-refractivity contribution in [3.8, 4) is 5.75 Å². The molecule has 0 heterocycles. The first-order valence-electron chi connectivity index (χ1n) is 5.20. The third-order valence-corrected chi connectivity index (χ3v) is 2.57. The zero-order valence-corrected chi connectivity index (χ0v) is 9.04. The molecule has 0 spiro atoms. The number of carbonyl (C=O) groups is 1. The minimum atomic E-state index is -0.0613. The van der Waals surface area contributed by atoms with Crippen LogP contribution in [0, 0.1) is 6.92 Å². The molecule has 0 aliphatic heterocycles. The molecule has 3 heteroatoms. The van der Waals surface area contributed by atoms with E-state index in [4.69, 9.17) is 4.74 Å². The van der Waals surface area contributed by atoms with Crippen LogP contribution < -0.4 is 10.1 Å². The van der Waals surface area contributed by atoms with E-state index in [1.807, 2.05) is 25.1 Å². The minimum Gasteiger partial charge on any atom is -0.490 e. The van der Waals surface area contributed by atoms with Gasteiger partial charge in [-0.3, -0.25) is 4.79 Å². The fourth-order valence-electron chi connectivity index (χ4n) is 1.49. The summed E-state index contributed by atoms with van der Waals surface area (Å²) in [5.74, 6) is 0.771. The summed E-state index contributed by atoms with van der Waals surface area (Å²) >= 11 is 0. The molecule has 1 aliphatic carbocycles. The van der Waals surface area contributed by atoms with Gasteiger partial charge in [0, 0.05) is 18.2 Å². The van der Waals surface area contributed by atoms with E-state index in [0.717, 1.165) is 24.2 Å². The Hall–Kier alpha value is -1.51. The Balaban J connectivity index is 2.27. The first-order chi connectivity index (χ1) is 7.22. The van der Waals surface area contributed by atoms with E-state index in [-0.39, 0.29) is 5.91 Å². The van der Waals surface area contributed by atoms with Gasteiger partial charge in [0.1, 0.15) is 5.75 Å². The predicted molar refractivity (Wildman–Crippen MR) is 58.2 cm³/mol. The largest absolute Gasteiger partial charge is 0.490 e. The van der Waals surface area contributed by atoms with Gasteiger partial charge in [0.2, 0.25) is 0 Å². The lowest BCUT2D eigenvalue weighted by molar-refractivity contribution is 0.0962. The second-order valence-corrected chi connectivity index (χ2v) is 3.83. The fraction of sp³-hybridized carbons (Fsp3) is 0.417. The molecule has 0 unspecified atom stereocenters. The molecule has 15 heavy (non-hydrogen) atoms. The van der Waals surface area contributed by atoms with Crippen LogP contribution in [0.25, 0.3) is 0 Å². The predicted octanol–water partition coefficient (Wildman–Crippen LogP) is 1.90. The molecule has 3 nitrogen and oxygen atoms in total. The number of carbonyl (C=O) groups excluding carboxylic acids is 1. The number of hydrogen-bond donors (Lipinski definition) is 1. The van der Waals surface area contributed by atoms with Crippen molar-refractivity contribution >= 4 is 5.91 Å². The second-order valence-electron chi connectivity index (χ2n) is 3.83. The Morgan fingerprint density at radius 1 is 1.47 bits per heavy atom. The molecule has 1 aliphatic rings. The molecule has 1 aromatic rings. The first kappa shape index (κ1) is 10.0. The monoisotopic (exact) mass is 205 g/mol. The highest BCUT2D eigenvalue weighted by Gasteiger charge is 2.24. The van der Waals surface area contributed by atoms with Crippen LogP contribution >= 0.6 is 0 Å². The quantitative estimate of drug-likeness (QED) is 0.818. The van der Waals surface area contributed by atoms with Crippen molar-refractivity contribution in [3.05, 3.63) is 29.3 Å². The molecule has 0 bridgehead atoms. The SMILES string of the molecule is CNC(=O)c1cccc(OC2CC2)c1C. The molecular formula is C12H15NO2. The van der Waals surface area contributed by atoms with Crippen molar-refractivity contribution in [2.24, 2.45) is 0 Å². The summed E-state index contributed by atoms with van der Waals surface area (Å²) in [5.41, 5.74) is 1.61. The topological polar surface area (TPSA) is 38.3 Å². The van der Waals surface area contributed by atoms with E-state index in [0.29, 0.717) is 11.7 Å². The fourth-order valence-corrected chi connectivity index (χ4v) is 1.49. The number of ether oxygens (including phenoxy) is 1. The lowest BCUT2D eigenvalue weighted by atomic mass is 10.1. The second kappa shape index (κ2) is 3.93. The molecule has 0 aromatic heterocycles. The van der Waals surface area contributed by atoms with Crippen molar-refractivity contribution in [3.63, 3.8) is 0 Å². The smallest absolute Gasteiger partial charge is 0.251 e. The number of amides is 1. The maximum Gasteiger partial charge on any atom is 0.251 e. The standard InChI is InChI=1S/C12H15NO2/c1-8-10(12(14)13-2)4-3-5-11(8)15-9-6-7-9/h3-5,9H,6-7H2,1-2H3,(H,13,14). The number of benzene rings is 1. The lowest BCUT2D eigenvalue weighted by Crippen LogP contribution is -2.19. The van der Waals surface area contributed by atoms with Crippen LogP contribution in [0.2, 0.25) is 0 Å². The van der Waals surface area contributed by atoms with Gasteiger partial charge in [-0.2, -0.15) is 0 Å². The Morgan fingerprint density at radius 2 is 2.20 bits per heavy atom. The summed E-state index contributed by atoms with van der Waals surface area (Å²) in [5, 5.41) is 2.62. The molecule has 0 saturated heterocycles. The molecule has 0 atom stereocenters. The van der Waals surface area contributed by atoms with Gasteiger partial charge in [-0.25, -0.2) is 0 Å². The van der Waals surface area contributed by atoms with Crippen LogP contribution in [0.1, 0.15) is 28.8 Å². The van der Waals surface area contributed by atoms with Crippen molar-refractivity contribution < 1.29 is 9.53 Å². The van der Waals surface area contributed by atoms with E-state index in [9.17, 15) is 4.79 Å². The Labute approximate surface area is 89.4 Å². The van der Waals surface area contributed by atoms with Crippen molar-refractivity contribution in [1.82, 2.24) is 5.32 Å². The summed E-state index contributed by atoms with van der Waals surface area (Å²) in [7, 11) is 1.64. The molecule has 1 amide bonds. The number of nitrogens with one attached hydrogen (secondary N) is 1. The summed E-state index contributed by atoms with van der Waals surface area (Å²) in [6.07, 6.45) is 2.62. The highest BCUT2D eigenvalue weighted by molar-refractivity contribution is 5.96. The van der Waals surface area contributed by atoms with Gasteiger partial charge in [-0.1, -0.05) is 6.07 Å². The van der Waals surface area contributed by atoms with E-state index in [1.54, 1.807) is 7.05 Å². The van der Waals surface area contributed by atoms with Crippen molar-refractivity contribution in [1.29, 1.82) is 0 Å². The molecule has 80 valence electrons. The Kier molecular flexibility index (Phi) is 2.62. The van der Waals surface area contributed by atoms with Crippen LogP contribution in [0.15, 0.2) is 18.2 Å². The van der Waals surface area contributed by atoms with Gasteiger partial charge in [0.05, 0.1) is 6.10 Å². The Bertz CT molecular complexity index is 383. The van der Waals surface area contributed by atoms with Gasteiger partial charge in [0.15, 0.2) is 0 Å². The van der Waals surface area contributed by atoms with E-state index < -0.39 is 0 Å². The van der Waals surface area contributed by atoms with Gasteiger partial charge in [-0.05, 0) is 31.9 Å². The van der Waals surface area contributed by atoms with Gasteiger partial charge >= 0.3 is 0 Å². The summed E-state index contributed by atoms with van der Waals surface area (Å²) in [4.78, 5) is 11.5. The maximum absolute atomic E-state index is 11.5. The first-order valence-corrected chi connectivity index (χ1v) is 5.20. The summed E-state index contributed by atoms with van der Waals surface area (Å²) in [6, 6.07) is 5.59. The number of hydrogen-bond acceptors (Lipinski definition) is 2. The van der Waals surface area contributed by atoms with Crippen LogP contribution in [0.3, 0.4) is 0 Å². The van der Waals surface area contributed by atoms with Gasteiger partial charge < -0.3 is 10.1 Å². The summed E-state index contributed by atoms with van der Waals surface area (Å²) < 4.78 is 5.71. The molecule has 2 rings (SSSR count). The zero-order valence-electron chi connectivity index (χ0n) is 9.04. The Morgan fingerprint density at radius 3 is 2.80 bits per heavy atom. The number of rotatable bonds is 3. The van der Waals surface area contributed by atoms with Crippen molar-refractivity contribution in [2.45, 2.75) is 25.9 Å². The van der Waals surface area contributed by atoms with Gasteiger partial charge in [-0.15, -0.1) is 0 Å². The van der Waals surface area contributed by atoms with Crippen LogP contribution in [-0.4, -0.2) is 19.1 Å². The molecule has 1 fully saturated rings. The zero-order chi connectivity index (χ0) is 10.8. The average molecular weight is 205 g/mol. The van der Waals surface area contributed by atoms with Crippen LogP contribution in [-0.2, 0) is 0 Å². The maximum atomic E-state index is 11.5. The van der Waals surface area contributed by atoms with Crippen molar-refractivity contribution in [2.75, 3.05) is 7.05 Å². The molecule has 0 radical (unpaired) electrons. The molecule has 1 saturated carbocycles. The van der Waals surface area contributed by atoms with Crippen LogP contribution in [0.5, 0.6) is 5.75 Å². The third kappa shape index (κ3) is 2.12. The van der Waals surface area contributed by atoms with E-state index in [2.05, 4.69) is 5.32 Å². The van der Waals surface area contributed by atoms with Crippen LogP contribution in [0.4, 0.5) is 0 Å². The normalized spacial score (nSPS) is 14.8. The molecule has 1 N–H and O–H groups in total. The molecular weight excluding hydrogens is 190 g/mol. The van der Waals surface area contributed by atoms with E-state index in [1.165, 1.54) is 0 Å². The lowest BCUT2D eigenvalue weighted by Gasteiger charge is -2.11. The highest BCUT2D eigenvalue weighted by atomic mass is 16.5. The summed E-state index contributed by atoms with van der Waals surface area (Å²) in [6.45, 7) is 1.92. The van der Waals surface area contributed by atoms with Gasteiger partial charge in [0.25, 0.3) is 5.91 Å². The highest BCUT2D eigenvalue weighted by Crippen LogP contribution is 2.30.